The number of hydrogen-bond acceptors (Lipinski definition) is 2. The van der Waals surface area contributed by atoms with E-state index in [1.54, 1.807) is 0 Å². The minimum atomic E-state index is -1.01. The molecular formula is C38H46O2Si2. The van der Waals surface area contributed by atoms with Gasteiger partial charge in [-0.1, -0.05) is 110 Å². The average Bonchev–Trinajstić information content (AvgIpc) is 2.99. The summed E-state index contributed by atoms with van der Waals surface area (Å²) in [5, 5.41) is 2.49. The molecule has 42 heavy (non-hydrogen) atoms. The lowest BCUT2D eigenvalue weighted by molar-refractivity contribution is 0.104. The summed E-state index contributed by atoms with van der Waals surface area (Å²) in [6.07, 6.45) is 10.9. The van der Waals surface area contributed by atoms with Crippen molar-refractivity contribution in [3.63, 3.8) is 0 Å². The Labute approximate surface area is 258 Å². The lowest BCUT2D eigenvalue weighted by Crippen LogP contribution is -2.34. The topological polar surface area (TPSA) is 18.5 Å². The molecule has 3 aromatic rings. The van der Waals surface area contributed by atoms with E-state index < -0.39 is 19.5 Å². The predicted octanol–water partition coefficient (Wildman–Crippen LogP) is 7.08. The summed E-state index contributed by atoms with van der Waals surface area (Å²) >= 11 is 0. The van der Waals surface area contributed by atoms with Crippen molar-refractivity contribution in [2.45, 2.75) is 50.7 Å². The van der Waals surface area contributed by atoms with Gasteiger partial charge in [0, 0.05) is 0 Å². The van der Waals surface area contributed by atoms with Gasteiger partial charge in [-0.15, -0.1) is 26.3 Å². The highest BCUT2D eigenvalue weighted by Gasteiger charge is 2.23. The Morgan fingerprint density at radius 2 is 0.881 bits per heavy atom. The summed E-state index contributed by atoms with van der Waals surface area (Å²) in [6, 6.07) is 25.5. The van der Waals surface area contributed by atoms with Gasteiger partial charge in [0.2, 0.25) is 0 Å². The van der Waals surface area contributed by atoms with Gasteiger partial charge in [0.1, 0.15) is 0 Å². The van der Waals surface area contributed by atoms with Crippen LogP contribution in [0.15, 0.2) is 137 Å². The van der Waals surface area contributed by atoms with Gasteiger partial charge in [-0.25, -0.2) is 0 Å². The highest BCUT2D eigenvalue weighted by Crippen LogP contribution is 2.27. The third kappa shape index (κ3) is 8.73. The van der Waals surface area contributed by atoms with Gasteiger partial charge in [0.05, 0.1) is 11.2 Å². The van der Waals surface area contributed by atoms with E-state index in [9.17, 15) is 0 Å². The Morgan fingerprint density at radius 1 is 0.571 bits per heavy atom. The molecule has 4 heteroatoms. The van der Waals surface area contributed by atoms with Gasteiger partial charge < -0.3 is 8.85 Å². The lowest BCUT2D eigenvalue weighted by atomic mass is 9.95. The van der Waals surface area contributed by atoms with Crippen molar-refractivity contribution in [1.82, 2.24) is 0 Å². The van der Waals surface area contributed by atoms with Crippen molar-refractivity contribution in [2.24, 2.45) is 0 Å². The SMILES string of the molecule is C=CCC(C)(CC=C)O[SiH2]c1ccccc1C(=C)c1ccc(C(=C)c2ccccc2[SiH2]OC(C)(CC=C)CC=C)cc1. The zero-order valence-electron chi connectivity index (χ0n) is 25.5. The molecule has 3 aromatic carbocycles. The maximum Gasteiger partial charge on any atom is 0.193 e. The van der Waals surface area contributed by atoms with E-state index in [4.69, 9.17) is 8.85 Å². The Kier molecular flexibility index (Phi) is 12.3. The Bertz CT molecular complexity index is 1290. The molecule has 0 saturated heterocycles. The Morgan fingerprint density at radius 3 is 1.19 bits per heavy atom. The van der Waals surface area contributed by atoms with Gasteiger partial charge in [-0.05, 0) is 83.3 Å². The van der Waals surface area contributed by atoms with Gasteiger partial charge in [-0.3, -0.25) is 0 Å². The van der Waals surface area contributed by atoms with E-state index in [1.807, 2.05) is 24.3 Å². The van der Waals surface area contributed by atoms with Crippen LogP contribution in [0.25, 0.3) is 11.1 Å². The third-order valence-corrected chi connectivity index (χ3v) is 11.3. The molecule has 0 heterocycles. The third-order valence-electron chi connectivity index (χ3n) is 7.72. The lowest BCUT2D eigenvalue weighted by Gasteiger charge is -2.29. The second kappa shape index (κ2) is 15.6. The molecule has 0 N–H and O–H groups in total. The van der Waals surface area contributed by atoms with Crippen molar-refractivity contribution in [1.29, 1.82) is 0 Å². The second-order valence-electron chi connectivity index (χ2n) is 11.3. The van der Waals surface area contributed by atoms with E-state index in [1.165, 1.54) is 10.4 Å². The summed E-state index contributed by atoms with van der Waals surface area (Å²) < 4.78 is 13.1. The molecule has 0 unspecified atom stereocenters. The molecule has 0 aliphatic rings. The molecule has 0 aliphatic heterocycles. The van der Waals surface area contributed by atoms with Crippen molar-refractivity contribution < 1.29 is 8.85 Å². The highest BCUT2D eigenvalue weighted by atomic mass is 28.2. The molecule has 0 amide bonds. The van der Waals surface area contributed by atoms with Crippen molar-refractivity contribution in [2.75, 3.05) is 0 Å². The monoisotopic (exact) mass is 590 g/mol. The molecule has 0 radical (unpaired) electrons. The van der Waals surface area contributed by atoms with Gasteiger partial charge >= 0.3 is 0 Å². The molecular weight excluding hydrogens is 545 g/mol. The van der Waals surface area contributed by atoms with E-state index >= 15 is 0 Å². The van der Waals surface area contributed by atoms with Crippen molar-refractivity contribution >= 4 is 41.0 Å². The maximum absolute atomic E-state index is 6.53. The quantitative estimate of drug-likeness (QED) is 0.116. The first-order valence-corrected chi connectivity index (χ1v) is 17.1. The fourth-order valence-electron chi connectivity index (χ4n) is 5.19. The normalized spacial score (nSPS) is 12.0. The van der Waals surface area contributed by atoms with E-state index in [0.29, 0.717) is 0 Å². The van der Waals surface area contributed by atoms with Crippen LogP contribution in [0, 0.1) is 0 Å². The number of rotatable bonds is 18. The maximum atomic E-state index is 6.53. The van der Waals surface area contributed by atoms with Gasteiger partial charge in [0.25, 0.3) is 0 Å². The zero-order valence-corrected chi connectivity index (χ0v) is 28.4. The summed E-state index contributed by atoms with van der Waals surface area (Å²) in [5.41, 5.74) is 5.92. The largest absolute Gasteiger partial charge is 0.413 e. The first kappa shape index (κ1) is 33.0. The van der Waals surface area contributed by atoms with E-state index in [-0.39, 0.29) is 11.2 Å². The molecule has 0 fully saturated rings. The molecule has 0 aromatic heterocycles. The standard InChI is InChI=1S/C38H46O2Si2/c1-9-25-37(7,26-10-2)39-41-35-19-15-13-17-33(35)29(5)31-21-23-32(24-22-31)30(6)34-18-14-16-20-36(34)42-40-38(8,27-11-3)28-12-4/h9-24H,1-6,25-28,41-42H2,7-8H3. The summed E-state index contributed by atoms with van der Waals surface area (Å²) in [7, 11) is -2.01. The molecule has 0 bridgehead atoms. The molecule has 2 nitrogen and oxygen atoms in total. The minimum absolute atomic E-state index is 0.272. The van der Waals surface area contributed by atoms with Crippen LogP contribution in [0.4, 0.5) is 0 Å². The highest BCUT2D eigenvalue weighted by molar-refractivity contribution is 6.49. The van der Waals surface area contributed by atoms with Crippen LogP contribution < -0.4 is 10.4 Å². The summed E-state index contributed by atoms with van der Waals surface area (Å²) in [6.45, 7) is 28.9. The zero-order chi connectivity index (χ0) is 30.6. The minimum Gasteiger partial charge on any atom is -0.413 e. The van der Waals surface area contributed by atoms with Crippen LogP contribution in [-0.4, -0.2) is 30.7 Å². The van der Waals surface area contributed by atoms with Gasteiger partial charge in [0.15, 0.2) is 19.5 Å². The fraction of sp³-hybridized carbons (Fsp3) is 0.211. The Hall–Kier alpha value is -3.55. The summed E-state index contributed by atoms with van der Waals surface area (Å²) in [5.74, 6) is 0. The Balaban J connectivity index is 1.78. The van der Waals surface area contributed by atoms with E-state index in [2.05, 4.69) is 126 Å². The van der Waals surface area contributed by atoms with Crippen LogP contribution in [0.3, 0.4) is 0 Å². The molecule has 3 rings (SSSR count). The van der Waals surface area contributed by atoms with Gasteiger partial charge in [-0.2, -0.15) is 0 Å². The molecule has 0 aliphatic carbocycles. The number of benzene rings is 3. The first-order chi connectivity index (χ1) is 20.2. The van der Waals surface area contributed by atoms with Crippen molar-refractivity contribution in [3.8, 4) is 0 Å². The van der Waals surface area contributed by atoms with Crippen LogP contribution in [0.5, 0.6) is 0 Å². The smallest absolute Gasteiger partial charge is 0.193 e. The molecule has 218 valence electrons. The van der Waals surface area contributed by atoms with Crippen LogP contribution >= 0.6 is 0 Å². The summed E-state index contributed by atoms with van der Waals surface area (Å²) in [4.78, 5) is 0. The van der Waals surface area contributed by atoms with Crippen LogP contribution in [0.1, 0.15) is 61.8 Å². The molecule has 0 saturated carbocycles. The second-order valence-corrected chi connectivity index (χ2v) is 14.0. The average molecular weight is 591 g/mol. The van der Waals surface area contributed by atoms with Crippen LogP contribution in [-0.2, 0) is 8.85 Å². The molecule has 0 atom stereocenters. The number of hydrogen-bond donors (Lipinski definition) is 0. The molecule has 0 spiro atoms. The predicted molar refractivity (Wildman–Crippen MR) is 190 cm³/mol. The van der Waals surface area contributed by atoms with Crippen LogP contribution in [0.2, 0.25) is 0 Å². The van der Waals surface area contributed by atoms with Crippen molar-refractivity contribution in [3.05, 3.63) is 159 Å². The first-order valence-electron chi connectivity index (χ1n) is 14.6. The fourth-order valence-corrected chi connectivity index (χ4v) is 8.11. The van der Waals surface area contributed by atoms with E-state index in [0.717, 1.165) is 59.1 Å².